The van der Waals surface area contributed by atoms with Gasteiger partial charge in [-0.15, -0.1) is 0 Å². The van der Waals surface area contributed by atoms with Crippen LogP contribution in [0.3, 0.4) is 0 Å². The molecule has 0 aliphatic carbocycles. The van der Waals surface area contributed by atoms with Crippen LogP contribution in [0.25, 0.3) is 0 Å². The summed E-state index contributed by atoms with van der Waals surface area (Å²) in [5.74, 6) is 0.453. The summed E-state index contributed by atoms with van der Waals surface area (Å²) in [4.78, 5) is 32.1. The number of nitrogens with one attached hydrogen (secondary N) is 1. The van der Waals surface area contributed by atoms with Crippen molar-refractivity contribution < 1.29 is 18.5 Å². The van der Waals surface area contributed by atoms with E-state index in [9.17, 15) is 9.59 Å². The molecule has 0 saturated heterocycles. The van der Waals surface area contributed by atoms with E-state index in [1.165, 1.54) is 23.9 Å². The fraction of sp³-hybridized carbons (Fsp3) is 0.333. The molecule has 0 aromatic carbocycles. The van der Waals surface area contributed by atoms with Crippen molar-refractivity contribution >= 4 is 28.3 Å². The number of aryl methyl sites for hydroxylation is 2. The lowest BCUT2D eigenvalue weighted by molar-refractivity contribution is -0.131. The number of anilines is 1. The maximum atomic E-state index is 12.7. The van der Waals surface area contributed by atoms with Gasteiger partial charge in [-0.1, -0.05) is 16.5 Å². The summed E-state index contributed by atoms with van der Waals surface area (Å²) in [7, 11) is 0. The molecule has 8 nitrogen and oxygen atoms in total. The van der Waals surface area contributed by atoms with Crippen molar-refractivity contribution in [1.29, 1.82) is 0 Å². The summed E-state index contributed by atoms with van der Waals surface area (Å²) < 4.78 is 10.1. The van der Waals surface area contributed by atoms with Crippen LogP contribution in [0, 0.1) is 13.8 Å². The SMILES string of the molecule is Cc1noc(C)c1CC(=O)N1CCc2nc(NC(=O)c3ccoc3)sc2C1. The Morgan fingerprint density at radius 3 is 2.93 bits per heavy atom. The van der Waals surface area contributed by atoms with Crippen LogP contribution in [0.2, 0.25) is 0 Å². The van der Waals surface area contributed by atoms with Gasteiger partial charge in [0.15, 0.2) is 5.13 Å². The van der Waals surface area contributed by atoms with Gasteiger partial charge < -0.3 is 13.8 Å². The normalized spacial score (nSPS) is 13.5. The van der Waals surface area contributed by atoms with E-state index in [0.717, 1.165) is 21.8 Å². The van der Waals surface area contributed by atoms with Gasteiger partial charge >= 0.3 is 0 Å². The van der Waals surface area contributed by atoms with Crippen LogP contribution in [-0.2, 0) is 24.2 Å². The molecule has 3 aromatic rings. The molecule has 140 valence electrons. The largest absolute Gasteiger partial charge is 0.472 e. The Kier molecular flexibility index (Phi) is 4.53. The summed E-state index contributed by atoms with van der Waals surface area (Å²) in [6, 6.07) is 1.60. The Morgan fingerprint density at radius 2 is 2.22 bits per heavy atom. The number of aromatic nitrogens is 2. The van der Waals surface area contributed by atoms with E-state index in [2.05, 4.69) is 15.5 Å². The zero-order valence-corrected chi connectivity index (χ0v) is 15.8. The van der Waals surface area contributed by atoms with E-state index < -0.39 is 0 Å². The lowest BCUT2D eigenvalue weighted by Crippen LogP contribution is -2.36. The van der Waals surface area contributed by atoms with E-state index in [4.69, 9.17) is 8.94 Å². The highest BCUT2D eigenvalue weighted by Crippen LogP contribution is 2.29. The number of carbonyl (C=O) groups is 2. The summed E-state index contributed by atoms with van der Waals surface area (Å²) in [6.07, 6.45) is 3.78. The van der Waals surface area contributed by atoms with Crippen molar-refractivity contribution in [2.45, 2.75) is 33.2 Å². The Hall–Kier alpha value is -2.94. The summed E-state index contributed by atoms with van der Waals surface area (Å²) in [5.41, 5.74) is 2.98. The molecule has 1 aliphatic heterocycles. The highest BCUT2D eigenvalue weighted by atomic mass is 32.1. The first-order chi connectivity index (χ1) is 13.0. The monoisotopic (exact) mass is 386 g/mol. The number of hydrogen-bond donors (Lipinski definition) is 1. The lowest BCUT2D eigenvalue weighted by Gasteiger charge is -2.26. The van der Waals surface area contributed by atoms with Crippen molar-refractivity contribution in [2.75, 3.05) is 11.9 Å². The minimum Gasteiger partial charge on any atom is -0.472 e. The van der Waals surface area contributed by atoms with Gasteiger partial charge in [0, 0.05) is 23.4 Å². The van der Waals surface area contributed by atoms with Crippen molar-refractivity contribution in [1.82, 2.24) is 15.0 Å². The minimum atomic E-state index is -0.263. The highest BCUT2D eigenvalue weighted by Gasteiger charge is 2.26. The quantitative estimate of drug-likeness (QED) is 0.740. The second-order valence-electron chi connectivity index (χ2n) is 6.40. The van der Waals surface area contributed by atoms with Crippen molar-refractivity contribution in [3.05, 3.63) is 51.7 Å². The molecule has 1 N–H and O–H groups in total. The lowest BCUT2D eigenvalue weighted by atomic mass is 10.1. The first kappa shape index (κ1) is 17.5. The third kappa shape index (κ3) is 3.50. The number of fused-ring (bicyclic) bond motifs is 1. The summed E-state index contributed by atoms with van der Waals surface area (Å²) in [5, 5.41) is 7.22. The molecule has 0 atom stereocenters. The average molecular weight is 386 g/mol. The third-order valence-corrected chi connectivity index (χ3v) is 5.59. The second kappa shape index (κ2) is 6.99. The maximum Gasteiger partial charge on any atom is 0.260 e. The highest BCUT2D eigenvalue weighted by molar-refractivity contribution is 7.15. The summed E-state index contributed by atoms with van der Waals surface area (Å²) in [6.45, 7) is 4.76. The number of rotatable bonds is 4. The number of carbonyl (C=O) groups excluding carboxylic acids is 2. The van der Waals surface area contributed by atoms with E-state index in [1.807, 2.05) is 18.7 Å². The predicted molar refractivity (Wildman–Crippen MR) is 97.6 cm³/mol. The van der Waals surface area contributed by atoms with Crippen molar-refractivity contribution in [3.63, 3.8) is 0 Å². The van der Waals surface area contributed by atoms with E-state index in [0.29, 0.717) is 36.0 Å². The topological polar surface area (TPSA) is 101 Å². The van der Waals surface area contributed by atoms with E-state index in [1.54, 1.807) is 6.07 Å². The van der Waals surface area contributed by atoms with Crippen LogP contribution in [0.4, 0.5) is 5.13 Å². The van der Waals surface area contributed by atoms with Crippen LogP contribution in [0.5, 0.6) is 0 Å². The van der Waals surface area contributed by atoms with E-state index in [-0.39, 0.29) is 18.2 Å². The number of thiazole rings is 1. The molecular weight excluding hydrogens is 368 g/mol. The number of amides is 2. The van der Waals surface area contributed by atoms with Gasteiger partial charge in [0.05, 0.1) is 36.2 Å². The number of nitrogens with zero attached hydrogens (tertiary/aromatic N) is 3. The fourth-order valence-corrected chi connectivity index (χ4v) is 4.06. The van der Waals surface area contributed by atoms with Gasteiger partial charge in [-0.3, -0.25) is 14.9 Å². The van der Waals surface area contributed by atoms with Crippen molar-refractivity contribution in [2.24, 2.45) is 0 Å². The van der Waals surface area contributed by atoms with Gasteiger partial charge in [0.2, 0.25) is 5.91 Å². The number of hydrogen-bond acceptors (Lipinski definition) is 7. The van der Waals surface area contributed by atoms with Gasteiger partial charge in [0.1, 0.15) is 12.0 Å². The molecule has 27 heavy (non-hydrogen) atoms. The molecule has 0 saturated carbocycles. The molecule has 3 aromatic heterocycles. The summed E-state index contributed by atoms with van der Waals surface area (Å²) >= 11 is 1.40. The molecule has 0 radical (unpaired) electrons. The second-order valence-corrected chi connectivity index (χ2v) is 7.48. The zero-order valence-electron chi connectivity index (χ0n) is 14.9. The van der Waals surface area contributed by atoms with Crippen molar-refractivity contribution in [3.8, 4) is 0 Å². The smallest absolute Gasteiger partial charge is 0.260 e. The third-order valence-electron chi connectivity index (χ3n) is 4.60. The first-order valence-electron chi connectivity index (χ1n) is 8.53. The fourth-order valence-electron chi connectivity index (χ4n) is 3.04. The molecule has 0 unspecified atom stereocenters. The molecule has 0 bridgehead atoms. The molecule has 0 fully saturated rings. The molecule has 0 spiro atoms. The van der Waals surface area contributed by atoms with Crippen LogP contribution < -0.4 is 5.32 Å². The first-order valence-corrected chi connectivity index (χ1v) is 9.34. The Morgan fingerprint density at radius 1 is 1.37 bits per heavy atom. The molecular formula is C18H18N4O4S. The van der Waals surface area contributed by atoms with Crippen LogP contribution in [0.1, 0.15) is 37.9 Å². The minimum absolute atomic E-state index is 0.0347. The van der Waals surface area contributed by atoms with Gasteiger partial charge in [-0.2, -0.15) is 0 Å². The number of furan rings is 1. The molecule has 4 heterocycles. The van der Waals surface area contributed by atoms with Crippen LogP contribution >= 0.6 is 11.3 Å². The van der Waals surface area contributed by atoms with Crippen LogP contribution in [-0.4, -0.2) is 33.4 Å². The standard InChI is InChI=1S/C18H18N4O4S/c1-10-13(11(2)26-21-10)7-16(23)22-5-3-14-15(8-22)27-18(19-14)20-17(24)12-4-6-25-9-12/h4,6,9H,3,5,7-8H2,1-2H3,(H,19,20,24). The van der Waals surface area contributed by atoms with Gasteiger partial charge in [0.25, 0.3) is 5.91 Å². The predicted octanol–water partition coefficient (Wildman–Crippen LogP) is 2.72. The van der Waals surface area contributed by atoms with Gasteiger partial charge in [-0.25, -0.2) is 4.98 Å². The van der Waals surface area contributed by atoms with Crippen LogP contribution in [0.15, 0.2) is 27.5 Å². The molecule has 4 rings (SSSR count). The Bertz CT molecular complexity index is 970. The molecule has 9 heteroatoms. The average Bonchev–Trinajstić information content (AvgIpc) is 3.37. The Balaban J connectivity index is 1.43. The zero-order chi connectivity index (χ0) is 19.0. The van der Waals surface area contributed by atoms with E-state index >= 15 is 0 Å². The molecule has 1 aliphatic rings. The molecule has 2 amide bonds. The maximum absolute atomic E-state index is 12.7. The Labute approximate surface area is 159 Å². The van der Waals surface area contributed by atoms with Gasteiger partial charge in [-0.05, 0) is 19.9 Å².